The molecule has 4 heteroatoms. The molecule has 0 saturated carbocycles. The molecule has 0 N–H and O–H groups in total. The minimum Gasteiger partial charge on any atom is -0.356 e. The average molecular weight is 201 g/mol. The van der Waals surface area contributed by atoms with Crippen molar-refractivity contribution in [2.75, 3.05) is 14.2 Å². The molecule has 0 aromatic carbocycles. The maximum absolute atomic E-state index is 9.69. The lowest BCUT2D eigenvalue weighted by Gasteiger charge is -2.03. The molecule has 0 amide bonds. The fraction of sp³-hybridized carbons (Fsp3) is 0.800. The SMILES string of the molecule is COC(C)OC.N#CCCCCC=O. The standard InChI is InChI=1S/C6H9NO.C4H10O2/c7-5-3-1-2-4-6-8;1-4(5-2)6-3/h6H,1-4H2;4H,1-3H3. The summed E-state index contributed by atoms with van der Waals surface area (Å²) in [6, 6.07) is 2.01. The van der Waals surface area contributed by atoms with Crippen molar-refractivity contribution in [2.45, 2.75) is 38.9 Å². The summed E-state index contributed by atoms with van der Waals surface area (Å²) in [6.07, 6.45) is 3.71. The van der Waals surface area contributed by atoms with Crippen molar-refractivity contribution >= 4 is 6.29 Å². The fourth-order valence-electron chi connectivity index (χ4n) is 0.528. The Morgan fingerprint density at radius 1 is 1.36 bits per heavy atom. The lowest BCUT2D eigenvalue weighted by molar-refractivity contribution is -0.107. The first-order valence-corrected chi connectivity index (χ1v) is 4.59. The molecule has 82 valence electrons. The largest absolute Gasteiger partial charge is 0.356 e. The molecule has 0 aliphatic rings. The average Bonchev–Trinajstić information content (AvgIpc) is 2.24. The lowest BCUT2D eigenvalue weighted by atomic mass is 10.2. The first kappa shape index (κ1) is 15.5. The van der Waals surface area contributed by atoms with E-state index >= 15 is 0 Å². The van der Waals surface area contributed by atoms with Crippen molar-refractivity contribution in [1.29, 1.82) is 5.26 Å². The molecule has 0 saturated heterocycles. The van der Waals surface area contributed by atoms with Crippen LogP contribution in [-0.4, -0.2) is 26.8 Å². The molecule has 0 aliphatic heterocycles. The van der Waals surface area contributed by atoms with E-state index in [9.17, 15) is 4.79 Å². The van der Waals surface area contributed by atoms with E-state index in [4.69, 9.17) is 5.26 Å². The van der Waals surface area contributed by atoms with Crippen molar-refractivity contribution in [3.63, 3.8) is 0 Å². The molecule has 0 rings (SSSR count). The van der Waals surface area contributed by atoms with Crippen LogP contribution in [0.3, 0.4) is 0 Å². The molecule has 0 heterocycles. The van der Waals surface area contributed by atoms with Crippen LogP contribution in [0.1, 0.15) is 32.6 Å². The van der Waals surface area contributed by atoms with Gasteiger partial charge in [-0.05, 0) is 19.8 Å². The number of aldehydes is 1. The number of unbranched alkanes of at least 4 members (excludes halogenated alkanes) is 3. The smallest absolute Gasteiger partial charge is 0.154 e. The van der Waals surface area contributed by atoms with Crippen molar-refractivity contribution in [1.82, 2.24) is 0 Å². The summed E-state index contributed by atoms with van der Waals surface area (Å²) >= 11 is 0. The van der Waals surface area contributed by atoms with Crippen LogP contribution in [0.4, 0.5) is 0 Å². The van der Waals surface area contributed by atoms with Crippen LogP contribution in [0.2, 0.25) is 0 Å². The Balaban J connectivity index is 0. The fourth-order valence-corrected chi connectivity index (χ4v) is 0.528. The van der Waals surface area contributed by atoms with Gasteiger partial charge in [0.05, 0.1) is 6.07 Å². The van der Waals surface area contributed by atoms with Gasteiger partial charge in [-0.2, -0.15) is 5.26 Å². The highest BCUT2D eigenvalue weighted by Crippen LogP contribution is 1.94. The predicted molar refractivity (Wildman–Crippen MR) is 53.6 cm³/mol. The van der Waals surface area contributed by atoms with Crippen LogP contribution in [0.25, 0.3) is 0 Å². The zero-order chi connectivity index (χ0) is 11.2. The number of rotatable bonds is 6. The summed E-state index contributed by atoms with van der Waals surface area (Å²) in [7, 11) is 3.21. The molecule has 0 aliphatic carbocycles. The molecule has 0 aromatic heterocycles. The number of nitrogens with zero attached hydrogens (tertiary/aromatic N) is 1. The minimum atomic E-state index is -0.0648. The number of ether oxygens (including phenoxy) is 2. The maximum Gasteiger partial charge on any atom is 0.154 e. The first-order valence-electron chi connectivity index (χ1n) is 4.59. The van der Waals surface area contributed by atoms with Crippen LogP contribution < -0.4 is 0 Å². The first-order chi connectivity index (χ1) is 6.72. The highest BCUT2D eigenvalue weighted by atomic mass is 16.7. The number of hydrogen-bond donors (Lipinski definition) is 0. The van der Waals surface area contributed by atoms with Gasteiger partial charge in [-0.25, -0.2) is 0 Å². The topological polar surface area (TPSA) is 59.3 Å². The monoisotopic (exact) mass is 201 g/mol. The van der Waals surface area contributed by atoms with Gasteiger partial charge in [0.2, 0.25) is 0 Å². The molecule has 0 spiro atoms. The van der Waals surface area contributed by atoms with E-state index in [0.29, 0.717) is 12.8 Å². The van der Waals surface area contributed by atoms with E-state index in [1.54, 1.807) is 14.2 Å². The Morgan fingerprint density at radius 2 is 1.93 bits per heavy atom. The van der Waals surface area contributed by atoms with E-state index in [0.717, 1.165) is 19.1 Å². The number of carbonyl (C=O) groups excluding carboxylic acids is 1. The molecular formula is C10H19NO3. The second kappa shape index (κ2) is 14.6. The van der Waals surface area contributed by atoms with E-state index in [1.807, 2.05) is 13.0 Å². The third kappa shape index (κ3) is 17.2. The normalized spacial score (nSPS) is 8.79. The van der Waals surface area contributed by atoms with Gasteiger partial charge in [-0.15, -0.1) is 0 Å². The Hall–Kier alpha value is -0.920. The van der Waals surface area contributed by atoms with Crippen molar-refractivity contribution in [3.05, 3.63) is 0 Å². The zero-order valence-corrected chi connectivity index (χ0v) is 9.16. The van der Waals surface area contributed by atoms with Crippen molar-refractivity contribution < 1.29 is 14.3 Å². The molecule has 4 nitrogen and oxygen atoms in total. The van der Waals surface area contributed by atoms with Gasteiger partial charge in [0, 0.05) is 27.1 Å². The Morgan fingerprint density at radius 3 is 2.21 bits per heavy atom. The third-order valence-corrected chi connectivity index (χ3v) is 1.52. The van der Waals surface area contributed by atoms with Crippen molar-refractivity contribution in [3.8, 4) is 6.07 Å². The van der Waals surface area contributed by atoms with Crippen molar-refractivity contribution in [2.24, 2.45) is 0 Å². The van der Waals surface area contributed by atoms with Gasteiger partial charge >= 0.3 is 0 Å². The molecule has 0 radical (unpaired) electrons. The van der Waals surface area contributed by atoms with E-state index < -0.39 is 0 Å². The summed E-state index contributed by atoms with van der Waals surface area (Å²) in [6.45, 7) is 1.83. The third-order valence-electron chi connectivity index (χ3n) is 1.52. The molecule has 14 heavy (non-hydrogen) atoms. The summed E-state index contributed by atoms with van der Waals surface area (Å²) in [5.74, 6) is 0. The second-order valence-corrected chi connectivity index (χ2v) is 2.61. The van der Waals surface area contributed by atoms with Gasteiger partial charge < -0.3 is 14.3 Å². The van der Waals surface area contributed by atoms with Crippen LogP contribution in [0, 0.1) is 11.3 Å². The second-order valence-electron chi connectivity index (χ2n) is 2.61. The van der Waals surface area contributed by atoms with Gasteiger partial charge in [-0.1, -0.05) is 0 Å². The zero-order valence-electron chi connectivity index (χ0n) is 9.16. The molecule has 0 bridgehead atoms. The highest BCUT2D eigenvalue weighted by Gasteiger charge is 1.88. The summed E-state index contributed by atoms with van der Waals surface area (Å²) in [5, 5.41) is 8.03. The molecule has 0 fully saturated rings. The maximum atomic E-state index is 9.69. The summed E-state index contributed by atoms with van der Waals surface area (Å²) in [4.78, 5) is 9.69. The Bertz CT molecular complexity index is 150. The van der Waals surface area contributed by atoms with Gasteiger partial charge in [0.1, 0.15) is 6.29 Å². The summed E-state index contributed by atoms with van der Waals surface area (Å²) < 4.78 is 9.35. The minimum absolute atomic E-state index is 0.0648. The Labute approximate surface area is 85.8 Å². The molecule has 0 atom stereocenters. The number of hydrogen-bond acceptors (Lipinski definition) is 4. The quantitative estimate of drug-likeness (QED) is 0.374. The lowest BCUT2D eigenvalue weighted by Crippen LogP contribution is -2.05. The molecule has 0 unspecified atom stereocenters. The Kier molecular flexibility index (Phi) is 16.2. The molecular weight excluding hydrogens is 182 g/mol. The number of nitriles is 1. The van der Waals surface area contributed by atoms with Crippen LogP contribution in [-0.2, 0) is 14.3 Å². The van der Waals surface area contributed by atoms with Crippen LogP contribution in [0.5, 0.6) is 0 Å². The summed E-state index contributed by atoms with van der Waals surface area (Å²) in [5.41, 5.74) is 0. The molecule has 0 aromatic rings. The van der Waals surface area contributed by atoms with E-state index in [-0.39, 0.29) is 6.29 Å². The van der Waals surface area contributed by atoms with Gasteiger partial charge in [0.25, 0.3) is 0 Å². The van der Waals surface area contributed by atoms with Gasteiger partial charge in [0.15, 0.2) is 6.29 Å². The van der Waals surface area contributed by atoms with Gasteiger partial charge in [-0.3, -0.25) is 0 Å². The number of methoxy groups -OCH3 is 2. The predicted octanol–water partition coefficient (Wildman–Crippen LogP) is 1.89. The number of carbonyl (C=O) groups is 1. The van der Waals surface area contributed by atoms with E-state index in [1.165, 1.54) is 0 Å². The van der Waals surface area contributed by atoms with Crippen LogP contribution >= 0.6 is 0 Å². The highest BCUT2D eigenvalue weighted by molar-refractivity contribution is 5.48. The van der Waals surface area contributed by atoms with E-state index in [2.05, 4.69) is 9.47 Å². The van der Waals surface area contributed by atoms with Crippen LogP contribution in [0.15, 0.2) is 0 Å².